The number of carbonyl (C=O) groups is 1. The molecule has 0 aromatic rings. The number of halogens is 3. The second-order valence-electron chi connectivity index (χ2n) is 3.57. The molecule has 0 aromatic heterocycles. The first-order chi connectivity index (χ1) is 6.77. The molecule has 15 heavy (non-hydrogen) atoms. The summed E-state index contributed by atoms with van der Waals surface area (Å²) in [6.45, 7) is 3.15. The quantitative estimate of drug-likeness (QED) is 0.715. The second kappa shape index (κ2) is 3.94. The Labute approximate surface area is 85.1 Å². The van der Waals surface area contributed by atoms with Crippen LogP contribution in [0, 0.1) is 0 Å². The van der Waals surface area contributed by atoms with Crippen LogP contribution in [0.2, 0.25) is 0 Å². The Morgan fingerprint density at radius 2 is 1.80 bits per heavy atom. The normalized spacial score (nSPS) is 21.1. The van der Waals surface area contributed by atoms with E-state index in [9.17, 15) is 18.0 Å². The Morgan fingerprint density at radius 3 is 2.20 bits per heavy atom. The van der Waals surface area contributed by atoms with Crippen molar-refractivity contribution < 1.29 is 22.7 Å². The minimum Gasteiger partial charge on any atom is -0.381 e. The predicted molar refractivity (Wildman–Crippen MR) is 47.2 cm³/mol. The smallest absolute Gasteiger partial charge is 0.381 e. The molecular weight excluding hydrogens is 211 g/mol. The highest BCUT2D eigenvalue weighted by atomic mass is 19.4. The van der Waals surface area contributed by atoms with Gasteiger partial charge in [-0.1, -0.05) is 6.58 Å². The third-order valence-corrected chi connectivity index (χ3v) is 2.45. The van der Waals surface area contributed by atoms with E-state index in [0.29, 0.717) is 0 Å². The van der Waals surface area contributed by atoms with Crippen LogP contribution in [0.5, 0.6) is 0 Å². The van der Waals surface area contributed by atoms with Crippen molar-refractivity contribution in [2.45, 2.75) is 24.6 Å². The van der Waals surface area contributed by atoms with Crippen molar-refractivity contribution in [2.24, 2.45) is 5.73 Å². The van der Waals surface area contributed by atoms with Gasteiger partial charge in [-0.25, -0.2) is 0 Å². The molecular formula is C9H12F3NO2. The van der Waals surface area contributed by atoms with Gasteiger partial charge in [0.15, 0.2) is 5.78 Å². The third-order valence-electron chi connectivity index (χ3n) is 2.45. The first kappa shape index (κ1) is 12.2. The molecule has 3 nitrogen and oxygen atoms in total. The highest BCUT2D eigenvalue weighted by Crippen LogP contribution is 2.30. The lowest BCUT2D eigenvalue weighted by Gasteiger charge is -2.32. The van der Waals surface area contributed by atoms with Gasteiger partial charge < -0.3 is 10.5 Å². The Hall–Kier alpha value is -0.880. The summed E-state index contributed by atoms with van der Waals surface area (Å²) in [5, 5.41) is 0. The fourth-order valence-corrected chi connectivity index (χ4v) is 1.39. The van der Waals surface area contributed by atoms with Crippen LogP contribution in [0.25, 0.3) is 0 Å². The van der Waals surface area contributed by atoms with Crippen LogP contribution in [0.3, 0.4) is 0 Å². The lowest BCUT2D eigenvalue weighted by Crippen LogP contribution is -2.53. The Morgan fingerprint density at radius 1 is 1.33 bits per heavy atom. The van der Waals surface area contributed by atoms with Crippen molar-refractivity contribution in [3.8, 4) is 0 Å². The van der Waals surface area contributed by atoms with Gasteiger partial charge in [0.05, 0.1) is 11.1 Å². The molecule has 6 heteroatoms. The van der Waals surface area contributed by atoms with E-state index in [2.05, 4.69) is 6.58 Å². The standard InChI is InChI=1S/C9H12F3NO2/c1-6(9(10,11)12)7(14)8(13)2-4-15-5-3-8/h1-5,13H2. The van der Waals surface area contributed by atoms with Crippen molar-refractivity contribution >= 4 is 5.78 Å². The zero-order valence-electron chi connectivity index (χ0n) is 8.06. The fraction of sp³-hybridized carbons (Fsp3) is 0.667. The van der Waals surface area contributed by atoms with Crippen LogP contribution in [0.4, 0.5) is 13.2 Å². The monoisotopic (exact) mass is 223 g/mol. The number of Topliss-reactive ketones (excluding diaryl/α,β-unsaturated/α-hetero) is 1. The Balaban J connectivity index is 2.79. The summed E-state index contributed by atoms with van der Waals surface area (Å²) in [6, 6.07) is 0. The highest BCUT2D eigenvalue weighted by molar-refractivity contribution is 6.03. The van der Waals surface area contributed by atoms with E-state index in [-0.39, 0.29) is 26.1 Å². The number of alkyl halides is 3. The summed E-state index contributed by atoms with van der Waals surface area (Å²) in [5.41, 5.74) is 2.76. The maximum atomic E-state index is 12.2. The predicted octanol–water partition coefficient (Wildman–Crippen LogP) is 1.18. The fourth-order valence-electron chi connectivity index (χ4n) is 1.39. The van der Waals surface area contributed by atoms with Gasteiger partial charge in [0.1, 0.15) is 0 Å². The third kappa shape index (κ3) is 2.57. The number of hydrogen-bond acceptors (Lipinski definition) is 3. The number of ether oxygens (including phenoxy) is 1. The Bertz CT molecular complexity index is 280. The minimum absolute atomic E-state index is 0.0981. The van der Waals surface area contributed by atoms with Gasteiger partial charge in [-0.15, -0.1) is 0 Å². The maximum absolute atomic E-state index is 12.2. The average Bonchev–Trinajstić information content (AvgIpc) is 2.15. The molecule has 1 rings (SSSR count). The number of hydrogen-bond donors (Lipinski definition) is 1. The van der Waals surface area contributed by atoms with Crippen molar-refractivity contribution in [1.82, 2.24) is 0 Å². The van der Waals surface area contributed by atoms with E-state index in [1.165, 1.54) is 0 Å². The van der Waals surface area contributed by atoms with Crippen LogP contribution in [0.1, 0.15) is 12.8 Å². The topological polar surface area (TPSA) is 52.3 Å². The van der Waals surface area contributed by atoms with Gasteiger partial charge in [-0.3, -0.25) is 4.79 Å². The largest absolute Gasteiger partial charge is 0.419 e. The van der Waals surface area contributed by atoms with Crippen LogP contribution < -0.4 is 5.73 Å². The van der Waals surface area contributed by atoms with Crippen LogP contribution in [-0.4, -0.2) is 30.7 Å². The molecule has 1 fully saturated rings. The zero-order valence-corrected chi connectivity index (χ0v) is 8.06. The molecule has 0 bridgehead atoms. The number of rotatable bonds is 2. The molecule has 1 aliphatic rings. The molecule has 1 saturated heterocycles. The number of carbonyl (C=O) groups excluding carboxylic acids is 1. The second-order valence-corrected chi connectivity index (χ2v) is 3.57. The molecule has 0 atom stereocenters. The summed E-state index contributed by atoms with van der Waals surface area (Å²) < 4.78 is 41.6. The first-order valence-corrected chi connectivity index (χ1v) is 4.45. The summed E-state index contributed by atoms with van der Waals surface area (Å²) in [7, 11) is 0. The molecule has 1 heterocycles. The summed E-state index contributed by atoms with van der Waals surface area (Å²) >= 11 is 0. The maximum Gasteiger partial charge on any atom is 0.419 e. The SMILES string of the molecule is C=C(C(=O)C1(N)CCOCC1)C(F)(F)F. The van der Waals surface area contributed by atoms with E-state index in [4.69, 9.17) is 10.5 Å². The van der Waals surface area contributed by atoms with Crippen LogP contribution >= 0.6 is 0 Å². The molecule has 0 unspecified atom stereocenters. The lowest BCUT2D eigenvalue weighted by molar-refractivity contribution is -0.136. The van der Waals surface area contributed by atoms with Crippen molar-refractivity contribution in [3.05, 3.63) is 12.2 Å². The molecule has 0 aromatic carbocycles. The molecule has 0 saturated carbocycles. The average molecular weight is 223 g/mol. The van der Waals surface area contributed by atoms with E-state index in [0.717, 1.165) is 0 Å². The van der Waals surface area contributed by atoms with E-state index >= 15 is 0 Å². The number of ketones is 1. The molecule has 0 spiro atoms. The van der Waals surface area contributed by atoms with E-state index < -0.39 is 23.1 Å². The van der Waals surface area contributed by atoms with Gasteiger partial charge in [0.2, 0.25) is 0 Å². The van der Waals surface area contributed by atoms with Crippen LogP contribution in [-0.2, 0) is 9.53 Å². The van der Waals surface area contributed by atoms with Gasteiger partial charge in [-0.2, -0.15) is 13.2 Å². The van der Waals surface area contributed by atoms with Crippen LogP contribution in [0.15, 0.2) is 12.2 Å². The molecule has 1 aliphatic heterocycles. The molecule has 0 radical (unpaired) electrons. The van der Waals surface area contributed by atoms with Gasteiger partial charge in [0.25, 0.3) is 0 Å². The molecule has 0 aliphatic carbocycles. The summed E-state index contributed by atoms with van der Waals surface area (Å²) in [6.07, 6.45) is -4.51. The van der Waals surface area contributed by atoms with Crippen molar-refractivity contribution in [1.29, 1.82) is 0 Å². The highest BCUT2D eigenvalue weighted by Gasteiger charge is 2.45. The van der Waals surface area contributed by atoms with E-state index in [1.54, 1.807) is 0 Å². The molecule has 86 valence electrons. The Kier molecular flexibility index (Phi) is 3.20. The lowest BCUT2D eigenvalue weighted by atomic mass is 9.83. The molecule has 0 amide bonds. The van der Waals surface area contributed by atoms with Gasteiger partial charge in [0, 0.05) is 13.2 Å². The summed E-state index contributed by atoms with van der Waals surface area (Å²) in [4.78, 5) is 11.5. The van der Waals surface area contributed by atoms with Gasteiger partial charge in [-0.05, 0) is 12.8 Å². The number of nitrogens with two attached hydrogens (primary N) is 1. The summed E-state index contributed by atoms with van der Waals surface area (Å²) in [5.74, 6) is -1.13. The van der Waals surface area contributed by atoms with Crippen molar-refractivity contribution in [3.63, 3.8) is 0 Å². The minimum atomic E-state index is -4.71. The first-order valence-electron chi connectivity index (χ1n) is 4.45. The van der Waals surface area contributed by atoms with Crippen molar-refractivity contribution in [2.75, 3.05) is 13.2 Å². The van der Waals surface area contributed by atoms with Gasteiger partial charge >= 0.3 is 6.18 Å². The molecule has 2 N–H and O–H groups in total. The zero-order chi connectivity index (χ0) is 11.7. The van der Waals surface area contributed by atoms with E-state index in [1.807, 2.05) is 0 Å².